The second-order valence-electron chi connectivity index (χ2n) is 6.91. The molecule has 1 aromatic carbocycles. The van der Waals surface area contributed by atoms with Gasteiger partial charge in [-0.15, -0.1) is 0 Å². The molecule has 0 aliphatic carbocycles. The van der Waals surface area contributed by atoms with E-state index in [-0.39, 0.29) is 0 Å². The van der Waals surface area contributed by atoms with Crippen molar-refractivity contribution in [2.45, 2.75) is 32.6 Å². The van der Waals surface area contributed by atoms with Crippen LogP contribution in [0.3, 0.4) is 0 Å². The normalized spacial score (nSPS) is 30.5. The number of para-hydroxylation sites is 1. The van der Waals surface area contributed by atoms with Crippen molar-refractivity contribution in [1.82, 2.24) is 4.90 Å². The highest BCUT2D eigenvalue weighted by atomic mass is 15.2. The highest BCUT2D eigenvalue weighted by Gasteiger charge is 2.49. The monoisotopic (exact) mass is 272 g/mol. The topological polar surface area (TPSA) is 6.48 Å². The van der Waals surface area contributed by atoms with E-state index < -0.39 is 0 Å². The molecule has 0 radical (unpaired) electrons. The molecular formula is C18H28N2. The van der Waals surface area contributed by atoms with Crippen LogP contribution in [0, 0.1) is 11.3 Å². The van der Waals surface area contributed by atoms with Gasteiger partial charge >= 0.3 is 0 Å². The Bertz CT molecular complexity index is 430. The number of benzene rings is 1. The molecule has 2 fully saturated rings. The van der Waals surface area contributed by atoms with Crippen LogP contribution in [0.25, 0.3) is 0 Å². The quantitative estimate of drug-likeness (QED) is 0.826. The van der Waals surface area contributed by atoms with Crippen molar-refractivity contribution in [3.8, 4) is 0 Å². The van der Waals surface area contributed by atoms with Crippen LogP contribution >= 0.6 is 0 Å². The minimum Gasteiger partial charge on any atom is -0.371 e. The van der Waals surface area contributed by atoms with E-state index in [0.29, 0.717) is 5.41 Å². The minimum atomic E-state index is 0.555. The van der Waals surface area contributed by atoms with Crippen molar-refractivity contribution in [1.29, 1.82) is 0 Å². The predicted molar refractivity (Wildman–Crippen MR) is 86.2 cm³/mol. The molecule has 2 saturated heterocycles. The average molecular weight is 272 g/mol. The summed E-state index contributed by atoms with van der Waals surface area (Å²) in [5.41, 5.74) is 1.97. The molecule has 0 bridgehead atoms. The molecule has 0 amide bonds. The minimum absolute atomic E-state index is 0.555. The number of nitrogens with zero attached hydrogens (tertiary/aromatic N) is 2. The third-order valence-corrected chi connectivity index (χ3v) is 5.42. The fourth-order valence-corrected chi connectivity index (χ4v) is 4.29. The Hall–Kier alpha value is -1.02. The average Bonchev–Trinajstić information content (AvgIpc) is 3.02. The van der Waals surface area contributed by atoms with Gasteiger partial charge in [0.2, 0.25) is 0 Å². The fourth-order valence-electron chi connectivity index (χ4n) is 4.29. The summed E-state index contributed by atoms with van der Waals surface area (Å²) in [5.74, 6) is 0.882. The maximum Gasteiger partial charge on any atom is 0.0366 e. The molecule has 2 aliphatic heterocycles. The van der Waals surface area contributed by atoms with Crippen LogP contribution in [0.2, 0.25) is 0 Å². The zero-order valence-electron chi connectivity index (χ0n) is 13.0. The molecule has 1 aromatic rings. The molecular weight excluding hydrogens is 244 g/mol. The number of hydrogen-bond acceptors (Lipinski definition) is 2. The van der Waals surface area contributed by atoms with Gasteiger partial charge in [0.25, 0.3) is 0 Å². The predicted octanol–water partition coefficient (Wildman–Crippen LogP) is 3.63. The zero-order valence-corrected chi connectivity index (χ0v) is 13.0. The summed E-state index contributed by atoms with van der Waals surface area (Å²) >= 11 is 0. The maximum atomic E-state index is 2.64. The summed E-state index contributed by atoms with van der Waals surface area (Å²) in [4.78, 5) is 5.17. The van der Waals surface area contributed by atoms with E-state index in [0.717, 1.165) is 5.92 Å². The van der Waals surface area contributed by atoms with E-state index in [2.05, 4.69) is 54.1 Å². The van der Waals surface area contributed by atoms with E-state index in [4.69, 9.17) is 0 Å². The van der Waals surface area contributed by atoms with Crippen molar-refractivity contribution >= 4 is 5.69 Å². The van der Waals surface area contributed by atoms with Gasteiger partial charge in [-0.05, 0) is 44.5 Å². The Morgan fingerprint density at radius 1 is 1.20 bits per heavy atom. The third-order valence-electron chi connectivity index (χ3n) is 5.42. The highest BCUT2D eigenvalue weighted by molar-refractivity contribution is 5.48. The summed E-state index contributed by atoms with van der Waals surface area (Å²) in [6.07, 6.45) is 5.52. The van der Waals surface area contributed by atoms with Crippen molar-refractivity contribution in [2.24, 2.45) is 11.3 Å². The Morgan fingerprint density at radius 2 is 2.00 bits per heavy atom. The van der Waals surface area contributed by atoms with Gasteiger partial charge in [-0.1, -0.05) is 38.0 Å². The van der Waals surface area contributed by atoms with Gasteiger partial charge in [0.1, 0.15) is 0 Å². The molecule has 2 nitrogen and oxygen atoms in total. The highest BCUT2D eigenvalue weighted by Crippen LogP contribution is 2.46. The molecule has 0 N–H and O–H groups in total. The smallest absolute Gasteiger partial charge is 0.0366 e. The Morgan fingerprint density at radius 3 is 2.65 bits per heavy atom. The first kappa shape index (κ1) is 13.9. The van der Waals surface area contributed by atoms with Crippen molar-refractivity contribution in [2.75, 3.05) is 38.1 Å². The van der Waals surface area contributed by atoms with Crippen LogP contribution in [0.4, 0.5) is 5.69 Å². The Kier molecular flexibility index (Phi) is 4.02. The first-order valence-electron chi connectivity index (χ1n) is 8.22. The van der Waals surface area contributed by atoms with Gasteiger partial charge in [0.15, 0.2) is 0 Å². The van der Waals surface area contributed by atoms with Crippen LogP contribution < -0.4 is 4.90 Å². The van der Waals surface area contributed by atoms with Crippen LogP contribution in [0.15, 0.2) is 30.3 Å². The number of anilines is 1. The number of hydrogen-bond donors (Lipinski definition) is 0. The molecule has 20 heavy (non-hydrogen) atoms. The van der Waals surface area contributed by atoms with Gasteiger partial charge in [-0.2, -0.15) is 0 Å². The second-order valence-corrected chi connectivity index (χ2v) is 6.91. The molecule has 0 saturated carbocycles. The van der Waals surface area contributed by atoms with Crippen molar-refractivity contribution < 1.29 is 0 Å². The van der Waals surface area contributed by atoms with E-state index in [1.54, 1.807) is 0 Å². The summed E-state index contributed by atoms with van der Waals surface area (Å²) in [6, 6.07) is 11.0. The summed E-state index contributed by atoms with van der Waals surface area (Å²) < 4.78 is 0. The second kappa shape index (κ2) is 5.77. The zero-order chi connectivity index (χ0) is 14.0. The fraction of sp³-hybridized carbons (Fsp3) is 0.667. The lowest BCUT2D eigenvalue weighted by atomic mass is 9.75. The number of rotatable bonds is 4. The number of unbranched alkanes of at least 4 members (excludes halogenated alkanes) is 1. The lowest BCUT2D eigenvalue weighted by Gasteiger charge is -2.30. The molecule has 0 aromatic heterocycles. The van der Waals surface area contributed by atoms with Gasteiger partial charge in [0.05, 0.1) is 0 Å². The number of likely N-dealkylation sites (tertiary alicyclic amines) is 1. The molecule has 2 heterocycles. The van der Waals surface area contributed by atoms with Gasteiger partial charge < -0.3 is 9.80 Å². The van der Waals surface area contributed by atoms with Crippen LogP contribution in [-0.2, 0) is 0 Å². The SMILES string of the molecule is CCCCC1CN(c2ccccc2)CC12CCN(C)C2. The van der Waals surface area contributed by atoms with E-state index in [1.165, 1.54) is 57.5 Å². The summed E-state index contributed by atoms with van der Waals surface area (Å²) in [5, 5.41) is 0. The molecule has 2 unspecified atom stereocenters. The van der Waals surface area contributed by atoms with E-state index in [1.807, 2.05) is 0 Å². The molecule has 3 rings (SSSR count). The Labute approximate surface area is 123 Å². The maximum absolute atomic E-state index is 2.64. The van der Waals surface area contributed by atoms with E-state index in [9.17, 15) is 0 Å². The third kappa shape index (κ3) is 2.58. The largest absolute Gasteiger partial charge is 0.371 e. The molecule has 110 valence electrons. The van der Waals surface area contributed by atoms with Gasteiger partial charge in [-0.25, -0.2) is 0 Å². The standard InChI is InChI=1S/C18H28N2/c1-3-4-8-16-13-20(17-9-6-5-7-10-17)15-18(16)11-12-19(2)14-18/h5-7,9-10,16H,3-4,8,11-15H2,1-2H3. The van der Waals surface area contributed by atoms with Gasteiger partial charge in [-0.3, -0.25) is 0 Å². The first-order chi connectivity index (χ1) is 9.73. The van der Waals surface area contributed by atoms with Gasteiger partial charge in [0, 0.05) is 30.7 Å². The molecule has 2 aliphatic rings. The van der Waals surface area contributed by atoms with Crippen LogP contribution in [0.1, 0.15) is 32.6 Å². The van der Waals surface area contributed by atoms with Crippen molar-refractivity contribution in [3.63, 3.8) is 0 Å². The Balaban J connectivity index is 1.78. The molecule has 2 heteroatoms. The van der Waals surface area contributed by atoms with Crippen molar-refractivity contribution in [3.05, 3.63) is 30.3 Å². The molecule has 1 spiro atoms. The lowest BCUT2D eigenvalue weighted by molar-refractivity contribution is 0.215. The van der Waals surface area contributed by atoms with E-state index >= 15 is 0 Å². The van der Waals surface area contributed by atoms with Crippen LogP contribution in [0.5, 0.6) is 0 Å². The summed E-state index contributed by atoms with van der Waals surface area (Å²) in [6.45, 7) is 7.42. The summed E-state index contributed by atoms with van der Waals surface area (Å²) in [7, 11) is 2.29. The van der Waals surface area contributed by atoms with Crippen LogP contribution in [-0.4, -0.2) is 38.1 Å². The first-order valence-corrected chi connectivity index (χ1v) is 8.22. The molecule has 2 atom stereocenters. The lowest BCUT2D eigenvalue weighted by Crippen LogP contribution is -2.33.